The van der Waals surface area contributed by atoms with Gasteiger partial charge in [0.1, 0.15) is 5.60 Å². The number of ether oxygens (including phenoxy) is 1. The van der Waals surface area contributed by atoms with Crippen molar-refractivity contribution in [3.8, 4) is 0 Å². The van der Waals surface area contributed by atoms with Crippen molar-refractivity contribution in [2.24, 2.45) is 0 Å². The minimum atomic E-state index is -0.674. The maximum Gasteiger partial charge on any atom is 0.410 e. The number of anilines is 1. The van der Waals surface area contributed by atoms with Crippen molar-refractivity contribution in [1.29, 1.82) is 0 Å². The summed E-state index contributed by atoms with van der Waals surface area (Å²) in [6.45, 7) is 6.38. The van der Waals surface area contributed by atoms with Crippen LogP contribution in [-0.4, -0.2) is 35.6 Å². The summed E-state index contributed by atoms with van der Waals surface area (Å²) in [5.74, 6) is -0.0412. The third-order valence-electron chi connectivity index (χ3n) is 4.10. The zero-order chi connectivity index (χ0) is 16.1. The first-order valence-corrected chi connectivity index (χ1v) is 8.11. The van der Waals surface area contributed by atoms with E-state index in [4.69, 9.17) is 4.74 Å². The molecule has 0 aromatic heterocycles. The molecule has 0 radical (unpaired) electrons. The van der Waals surface area contributed by atoms with Crippen LogP contribution in [0, 0.1) is 0 Å². The molecule has 2 aliphatic heterocycles. The number of benzene rings is 1. The van der Waals surface area contributed by atoms with Crippen molar-refractivity contribution in [2.75, 3.05) is 18.4 Å². The topological polar surface area (TPSA) is 58.6 Å². The SMILES string of the molecule is CC(C)(C)OC(=O)N1CC[C@@]2(C1)C(=O)Nc1cccc(Br)c12. The van der Waals surface area contributed by atoms with Crippen LogP contribution in [0.4, 0.5) is 10.5 Å². The summed E-state index contributed by atoms with van der Waals surface area (Å²) in [7, 11) is 0. The molecule has 0 aliphatic carbocycles. The molecule has 5 nitrogen and oxygen atoms in total. The Morgan fingerprint density at radius 2 is 2.14 bits per heavy atom. The van der Waals surface area contributed by atoms with E-state index in [0.717, 1.165) is 15.7 Å². The fraction of sp³-hybridized carbons (Fsp3) is 0.500. The second kappa shape index (κ2) is 4.98. The van der Waals surface area contributed by atoms with Gasteiger partial charge in [0, 0.05) is 28.8 Å². The molecule has 1 spiro atoms. The van der Waals surface area contributed by atoms with E-state index in [0.29, 0.717) is 19.5 Å². The highest BCUT2D eigenvalue weighted by molar-refractivity contribution is 9.10. The minimum absolute atomic E-state index is 0.0412. The molecule has 6 heteroatoms. The lowest BCUT2D eigenvalue weighted by Crippen LogP contribution is -2.41. The van der Waals surface area contributed by atoms with Crippen LogP contribution in [0.1, 0.15) is 32.8 Å². The molecule has 1 N–H and O–H groups in total. The normalized spacial score (nSPS) is 23.6. The smallest absolute Gasteiger partial charge is 0.410 e. The van der Waals surface area contributed by atoms with Crippen LogP contribution >= 0.6 is 15.9 Å². The summed E-state index contributed by atoms with van der Waals surface area (Å²) in [4.78, 5) is 26.4. The average Bonchev–Trinajstić information content (AvgIpc) is 2.93. The third kappa shape index (κ3) is 2.39. The van der Waals surface area contributed by atoms with Gasteiger partial charge in [0.2, 0.25) is 5.91 Å². The first-order valence-electron chi connectivity index (χ1n) is 7.31. The van der Waals surface area contributed by atoms with Gasteiger partial charge in [-0.05, 0) is 39.3 Å². The summed E-state index contributed by atoms with van der Waals surface area (Å²) in [5, 5.41) is 2.93. The van der Waals surface area contributed by atoms with Crippen LogP contribution in [-0.2, 0) is 14.9 Å². The molecule has 118 valence electrons. The number of hydrogen-bond donors (Lipinski definition) is 1. The number of hydrogen-bond acceptors (Lipinski definition) is 3. The molecule has 22 heavy (non-hydrogen) atoms. The van der Waals surface area contributed by atoms with Gasteiger partial charge in [0.05, 0.1) is 5.41 Å². The number of nitrogens with one attached hydrogen (secondary N) is 1. The molecule has 1 aromatic rings. The van der Waals surface area contributed by atoms with Crippen molar-refractivity contribution < 1.29 is 14.3 Å². The Labute approximate surface area is 138 Å². The Morgan fingerprint density at radius 1 is 1.41 bits per heavy atom. The monoisotopic (exact) mass is 366 g/mol. The summed E-state index contributed by atoms with van der Waals surface area (Å²) < 4.78 is 6.32. The number of carbonyl (C=O) groups is 2. The molecule has 2 heterocycles. The Morgan fingerprint density at radius 3 is 2.82 bits per heavy atom. The highest BCUT2D eigenvalue weighted by Crippen LogP contribution is 2.47. The highest BCUT2D eigenvalue weighted by Gasteiger charge is 2.53. The van der Waals surface area contributed by atoms with E-state index in [-0.39, 0.29) is 12.0 Å². The molecule has 0 saturated carbocycles. The van der Waals surface area contributed by atoms with Crippen molar-refractivity contribution in [2.45, 2.75) is 38.2 Å². The van der Waals surface area contributed by atoms with E-state index in [1.807, 2.05) is 39.0 Å². The Balaban J connectivity index is 1.89. The molecular weight excluding hydrogens is 348 g/mol. The maximum absolute atomic E-state index is 12.6. The van der Waals surface area contributed by atoms with Crippen molar-refractivity contribution >= 4 is 33.6 Å². The molecule has 3 rings (SSSR count). The highest BCUT2D eigenvalue weighted by atomic mass is 79.9. The number of rotatable bonds is 0. The van der Waals surface area contributed by atoms with Crippen LogP contribution in [0.2, 0.25) is 0 Å². The molecule has 1 atom stereocenters. The van der Waals surface area contributed by atoms with Gasteiger partial charge >= 0.3 is 6.09 Å². The van der Waals surface area contributed by atoms with Crippen molar-refractivity contribution in [3.63, 3.8) is 0 Å². The van der Waals surface area contributed by atoms with Gasteiger partial charge in [-0.1, -0.05) is 22.0 Å². The lowest BCUT2D eigenvalue weighted by atomic mass is 9.81. The molecule has 0 unspecified atom stereocenters. The Bertz CT molecular complexity index is 653. The number of carbonyl (C=O) groups excluding carboxylic acids is 2. The van der Waals surface area contributed by atoms with Gasteiger partial charge in [-0.3, -0.25) is 4.79 Å². The zero-order valence-corrected chi connectivity index (χ0v) is 14.5. The summed E-state index contributed by atoms with van der Waals surface area (Å²) in [5.41, 5.74) is 0.562. The Kier molecular flexibility index (Phi) is 3.47. The number of nitrogens with zero attached hydrogens (tertiary/aromatic N) is 1. The largest absolute Gasteiger partial charge is 0.444 e. The zero-order valence-electron chi connectivity index (χ0n) is 12.9. The first-order chi connectivity index (χ1) is 10.2. The van der Waals surface area contributed by atoms with E-state index in [1.54, 1.807) is 4.90 Å². The molecular formula is C16H19BrN2O3. The first kappa shape index (κ1) is 15.3. The Hall–Kier alpha value is -1.56. The van der Waals surface area contributed by atoms with Gasteiger partial charge in [-0.25, -0.2) is 4.79 Å². The molecule has 1 fully saturated rings. The predicted octanol–water partition coefficient (Wildman–Crippen LogP) is 3.28. The second-order valence-electron chi connectivity index (χ2n) is 6.85. The van der Waals surface area contributed by atoms with Crippen LogP contribution < -0.4 is 5.32 Å². The fourth-order valence-electron chi connectivity index (χ4n) is 3.15. The summed E-state index contributed by atoms with van der Waals surface area (Å²) in [6.07, 6.45) is 0.242. The number of amides is 2. The van der Waals surface area contributed by atoms with Gasteiger partial charge in [-0.15, -0.1) is 0 Å². The van der Waals surface area contributed by atoms with E-state index in [1.165, 1.54) is 0 Å². The molecule has 2 aliphatic rings. The lowest BCUT2D eigenvalue weighted by molar-refractivity contribution is -0.120. The molecule has 1 saturated heterocycles. The minimum Gasteiger partial charge on any atom is -0.444 e. The van der Waals surface area contributed by atoms with Gasteiger partial charge in [0.25, 0.3) is 0 Å². The van der Waals surface area contributed by atoms with E-state index in [9.17, 15) is 9.59 Å². The van der Waals surface area contributed by atoms with Gasteiger partial charge in [0.15, 0.2) is 0 Å². The number of fused-ring (bicyclic) bond motifs is 2. The van der Waals surface area contributed by atoms with Gasteiger partial charge < -0.3 is 15.0 Å². The van der Waals surface area contributed by atoms with Gasteiger partial charge in [-0.2, -0.15) is 0 Å². The summed E-state index contributed by atoms with van der Waals surface area (Å²) >= 11 is 3.54. The van der Waals surface area contributed by atoms with E-state index >= 15 is 0 Å². The van der Waals surface area contributed by atoms with Crippen LogP contribution in [0.3, 0.4) is 0 Å². The molecule has 1 aromatic carbocycles. The molecule has 0 bridgehead atoms. The van der Waals surface area contributed by atoms with Crippen molar-refractivity contribution in [1.82, 2.24) is 4.90 Å². The lowest BCUT2D eigenvalue weighted by Gasteiger charge is -2.26. The van der Waals surface area contributed by atoms with E-state index < -0.39 is 11.0 Å². The number of likely N-dealkylation sites (tertiary alicyclic amines) is 1. The fourth-order valence-corrected chi connectivity index (χ4v) is 3.90. The third-order valence-corrected chi connectivity index (χ3v) is 4.76. The second-order valence-corrected chi connectivity index (χ2v) is 7.70. The average molecular weight is 367 g/mol. The van der Waals surface area contributed by atoms with Crippen LogP contribution in [0.15, 0.2) is 22.7 Å². The maximum atomic E-state index is 12.6. The quantitative estimate of drug-likeness (QED) is 0.766. The molecule has 2 amide bonds. The summed E-state index contributed by atoms with van der Waals surface area (Å²) in [6, 6.07) is 5.71. The van der Waals surface area contributed by atoms with Crippen molar-refractivity contribution in [3.05, 3.63) is 28.2 Å². The van der Waals surface area contributed by atoms with E-state index in [2.05, 4.69) is 21.2 Å². The van der Waals surface area contributed by atoms with Crippen LogP contribution in [0.25, 0.3) is 0 Å². The number of halogens is 1. The standard InChI is InChI=1S/C16H19BrN2O3/c1-15(2,3)22-14(21)19-8-7-16(9-19)12-10(17)5-4-6-11(12)18-13(16)20/h4-6H,7-9H2,1-3H3,(H,18,20)/t16-/m0/s1. The van der Waals surface area contributed by atoms with Crippen LogP contribution in [0.5, 0.6) is 0 Å². The predicted molar refractivity (Wildman–Crippen MR) is 86.9 cm³/mol.